The highest BCUT2D eigenvalue weighted by Gasteiger charge is 2.33. The topological polar surface area (TPSA) is 91.4 Å². The van der Waals surface area contributed by atoms with Crippen LogP contribution in [0.15, 0.2) is 65.6 Å². The normalized spacial score (nSPS) is 15.0. The summed E-state index contributed by atoms with van der Waals surface area (Å²) in [5, 5.41) is -0.513. The lowest BCUT2D eigenvalue weighted by atomic mass is 9.91. The number of sulfone groups is 1. The molecule has 208 valence electrons. The van der Waals surface area contributed by atoms with Gasteiger partial charge in [0, 0.05) is 6.54 Å². The lowest BCUT2D eigenvalue weighted by Gasteiger charge is -2.37. The van der Waals surface area contributed by atoms with Crippen molar-refractivity contribution in [3.63, 3.8) is 0 Å². The number of rotatable bonds is 10. The Morgan fingerprint density at radius 1 is 0.897 bits per heavy atom. The Morgan fingerprint density at radius 2 is 1.51 bits per heavy atom. The quantitative estimate of drug-likeness (QED) is 0.361. The van der Waals surface area contributed by atoms with Crippen molar-refractivity contribution in [2.75, 3.05) is 34.5 Å². The van der Waals surface area contributed by atoms with Crippen LogP contribution in [-0.4, -0.2) is 59.0 Å². The Labute approximate surface area is 230 Å². The van der Waals surface area contributed by atoms with Gasteiger partial charge in [0.05, 0.1) is 43.9 Å². The van der Waals surface area contributed by atoms with E-state index >= 15 is 0 Å². The number of hydrogen-bond donors (Lipinski definition) is 0. The molecule has 3 aromatic rings. The Kier molecular flexibility index (Phi) is 8.70. The molecule has 0 aromatic heterocycles. The number of fused-ring (bicyclic) bond motifs is 1. The summed E-state index contributed by atoms with van der Waals surface area (Å²) in [7, 11) is 1.42. The molecule has 0 bridgehead atoms. The third kappa shape index (κ3) is 6.14. The number of amides is 1. The number of ether oxygens (including phenoxy) is 4. The zero-order valence-electron chi connectivity index (χ0n) is 23.0. The van der Waals surface area contributed by atoms with Crippen molar-refractivity contribution in [1.82, 2.24) is 4.90 Å². The zero-order valence-corrected chi connectivity index (χ0v) is 23.8. The molecule has 8 nitrogen and oxygen atoms in total. The molecule has 0 N–H and O–H groups in total. The number of carbonyl (C=O) groups excluding carboxylic acids is 1. The Bertz CT molecular complexity index is 1400. The van der Waals surface area contributed by atoms with E-state index in [0.29, 0.717) is 30.2 Å². The molecule has 0 saturated carbocycles. The van der Waals surface area contributed by atoms with Crippen LogP contribution < -0.4 is 18.9 Å². The summed E-state index contributed by atoms with van der Waals surface area (Å²) in [6, 6.07) is 17.4. The molecule has 1 unspecified atom stereocenters. The second kappa shape index (κ2) is 12.0. The second-order valence-electron chi connectivity index (χ2n) is 9.66. The second-order valence-corrected chi connectivity index (χ2v) is 12.2. The van der Waals surface area contributed by atoms with Gasteiger partial charge in [0.25, 0.3) is 0 Å². The molecule has 0 fully saturated rings. The van der Waals surface area contributed by atoms with E-state index in [-0.39, 0.29) is 29.9 Å². The van der Waals surface area contributed by atoms with Crippen LogP contribution in [0.4, 0.5) is 0 Å². The van der Waals surface area contributed by atoms with Crippen molar-refractivity contribution in [2.24, 2.45) is 0 Å². The van der Waals surface area contributed by atoms with Crippen LogP contribution in [0, 0.1) is 0 Å². The van der Waals surface area contributed by atoms with Crippen LogP contribution in [0.5, 0.6) is 23.0 Å². The van der Waals surface area contributed by atoms with Gasteiger partial charge in [-0.1, -0.05) is 12.1 Å². The number of hydrogen-bond acceptors (Lipinski definition) is 7. The highest BCUT2D eigenvalue weighted by molar-refractivity contribution is 7.92. The summed E-state index contributed by atoms with van der Waals surface area (Å²) in [5.74, 6) is 2.55. The minimum Gasteiger partial charge on any atom is -0.497 e. The third-order valence-electron chi connectivity index (χ3n) is 7.02. The van der Waals surface area contributed by atoms with Gasteiger partial charge in [-0.05, 0) is 85.5 Å². The third-order valence-corrected chi connectivity index (χ3v) is 9.19. The number of nitrogens with zero attached hydrogens (tertiary/aromatic N) is 1. The van der Waals surface area contributed by atoms with Crippen molar-refractivity contribution in [3.8, 4) is 23.0 Å². The molecule has 1 aliphatic heterocycles. The first-order valence-corrected chi connectivity index (χ1v) is 14.4. The molecule has 0 saturated heterocycles. The minimum atomic E-state index is -3.38. The molecule has 0 radical (unpaired) electrons. The SMILES string of the molecule is COc1ccc(OCC2c3cc(OC)c(OC)cc3CCN2C(=O)Cc2ccc(S(=O)(=O)C(C)C)cc2)cc1. The maximum Gasteiger partial charge on any atom is 0.227 e. The van der Waals surface area contributed by atoms with E-state index in [9.17, 15) is 13.2 Å². The van der Waals surface area contributed by atoms with Crippen molar-refractivity contribution >= 4 is 15.7 Å². The summed E-state index contributed by atoms with van der Waals surface area (Å²) in [5.41, 5.74) is 2.76. The molecule has 4 rings (SSSR count). The number of methoxy groups -OCH3 is 3. The molecule has 3 aromatic carbocycles. The van der Waals surface area contributed by atoms with Gasteiger partial charge in [0.2, 0.25) is 5.91 Å². The lowest BCUT2D eigenvalue weighted by molar-refractivity contribution is -0.134. The van der Waals surface area contributed by atoms with Crippen LogP contribution in [0.1, 0.15) is 36.6 Å². The van der Waals surface area contributed by atoms with Gasteiger partial charge in [-0.2, -0.15) is 0 Å². The Hall–Kier alpha value is -3.72. The smallest absolute Gasteiger partial charge is 0.227 e. The molecular weight excluding hydrogens is 518 g/mol. The van der Waals surface area contributed by atoms with Crippen molar-refractivity contribution in [2.45, 2.75) is 42.9 Å². The Balaban J connectivity index is 1.60. The van der Waals surface area contributed by atoms with Crippen LogP contribution in [-0.2, 0) is 27.5 Å². The number of carbonyl (C=O) groups is 1. The lowest BCUT2D eigenvalue weighted by Crippen LogP contribution is -2.43. The standard InChI is InChI=1S/C30H35NO7S/c1-20(2)39(33,34)25-12-6-21(7-13-25)16-30(32)31-15-14-22-17-28(36-4)29(37-5)18-26(22)27(31)19-38-24-10-8-23(35-3)9-11-24/h6-13,17-18,20,27H,14-16,19H2,1-5H3. The van der Waals surface area contributed by atoms with Gasteiger partial charge < -0.3 is 23.8 Å². The van der Waals surface area contributed by atoms with Gasteiger partial charge in [0.1, 0.15) is 18.1 Å². The van der Waals surface area contributed by atoms with E-state index in [0.717, 1.165) is 22.4 Å². The summed E-state index contributed by atoms with van der Waals surface area (Å²) in [6.07, 6.45) is 0.801. The van der Waals surface area contributed by atoms with Gasteiger partial charge in [-0.15, -0.1) is 0 Å². The first-order chi connectivity index (χ1) is 18.7. The summed E-state index contributed by atoms with van der Waals surface area (Å²) < 4.78 is 47.4. The maximum absolute atomic E-state index is 13.6. The fourth-order valence-corrected chi connectivity index (χ4v) is 5.76. The van der Waals surface area contributed by atoms with E-state index in [1.54, 1.807) is 59.4 Å². The predicted molar refractivity (Wildman–Crippen MR) is 149 cm³/mol. The summed E-state index contributed by atoms with van der Waals surface area (Å²) >= 11 is 0. The molecule has 9 heteroatoms. The van der Waals surface area contributed by atoms with Crippen LogP contribution in [0.25, 0.3) is 0 Å². The monoisotopic (exact) mass is 553 g/mol. The van der Waals surface area contributed by atoms with Gasteiger partial charge in [0.15, 0.2) is 21.3 Å². The first kappa shape index (κ1) is 28.3. The van der Waals surface area contributed by atoms with E-state index in [1.165, 1.54) is 0 Å². The van der Waals surface area contributed by atoms with Crippen LogP contribution in [0.3, 0.4) is 0 Å². The average Bonchev–Trinajstić information content (AvgIpc) is 2.95. The van der Waals surface area contributed by atoms with E-state index in [4.69, 9.17) is 18.9 Å². The highest BCUT2D eigenvalue weighted by Crippen LogP contribution is 2.39. The largest absolute Gasteiger partial charge is 0.497 e. The van der Waals surface area contributed by atoms with E-state index in [1.807, 2.05) is 41.3 Å². The first-order valence-electron chi connectivity index (χ1n) is 12.8. The average molecular weight is 554 g/mol. The van der Waals surface area contributed by atoms with Crippen LogP contribution in [0.2, 0.25) is 0 Å². The molecule has 39 heavy (non-hydrogen) atoms. The zero-order chi connectivity index (χ0) is 28.2. The Morgan fingerprint density at radius 3 is 2.10 bits per heavy atom. The van der Waals surface area contributed by atoms with Crippen molar-refractivity contribution in [3.05, 3.63) is 77.4 Å². The van der Waals surface area contributed by atoms with Crippen molar-refractivity contribution < 1.29 is 32.2 Å². The molecule has 0 aliphatic carbocycles. The molecule has 1 atom stereocenters. The minimum absolute atomic E-state index is 0.0711. The molecule has 1 heterocycles. The van der Waals surface area contributed by atoms with E-state index < -0.39 is 15.1 Å². The van der Waals surface area contributed by atoms with Crippen LogP contribution >= 0.6 is 0 Å². The van der Waals surface area contributed by atoms with E-state index in [2.05, 4.69) is 0 Å². The maximum atomic E-state index is 13.6. The summed E-state index contributed by atoms with van der Waals surface area (Å²) in [6.45, 7) is 4.06. The van der Waals surface area contributed by atoms with Gasteiger partial charge >= 0.3 is 0 Å². The fourth-order valence-electron chi connectivity index (χ4n) is 4.70. The van der Waals surface area contributed by atoms with Gasteiger partial charge in [-0.25, -0.2) is 8.42 Å². The molecular formula is C30H35NO7S. The van der Waals surface area contributed by atoms with Gasteiger partial charge in [-0.3, -0.25) is 4.79 Å². The highest BCUT2D eigenvalue weighted by atomic mass is 32.2. The molecule has 1 amide bonds. The number of benzene rings is 3. The summed E-state index contributed by atoms with van der Waals surface area (Å²) in [4.78, 5) is 15.7. The van der Waals surface area contributed by atoms with Crippen molar-refractivity contribution in [1.29, 1.82) is 0 Å². The fraction of sp³-hybridized carbons (Fsp3) is 0.367. The predicted octanol–water partition coefficient (Wildman–Crippen LogP) is 4.64. The molecule has 0 spiro atoms. The molecule has 1 aliphatic rings.